The van der Waals surface area contributed by atoms with E-state index in [0.717, 1.165) is 52.6 Å². The van der Waals surface area contributed by atoms with Gasteiger partial charge in [-0.15, -0.1) is 0 Å². The Kier molecular flexibility index (Phi) is 9.10. The zero-order chi connectivity index (χ0) is 36.9. The number of benzene rings is 4. The number of rotatable bonds is 8. The van der Waals surface area contributed by atoms with E-state index in [2.05, 4.69) is 176 Å². The quantitative estimate of drug-likeness (QED) is 0.160. The molecule has 0 aliphatic heterocycles. The summed E-state index contributed by atoms with van der Waals surface area (Å²) in [5, 5.41) is 7.50. The lowest BCUT2D eigenvalue weighted by Crippen LogP contribution is -2.12. The molecule has 7 rings (SSSR count). The van der Waals surface area contributed by atoms with Crippen LogP contribution in [0.25, 0.3) is 44.4 Å². The van der Waals surface area contributed by atoms with Gasteiger partial charge < -0.3 is 4.74 Å². The van der Waals surface area contributed by atoms with Gasteiger partial charge in [0, 0.05) is 34.7 Å². The van der Waals surface area contributed by atoms with Gasteiger partial charge in [-0.2, -0.15) is 5.10 Å². The number of ether oxygens (including phenoxy) is 1. The first-order chi connectivity index (χ1) is 24.7. The first-order valence-electron chi connectivity index (χ1n) is 18.7. The summed E-state index contributed by atoms with van der Waals surface area (Å²) in [7, 11) is 0. The summed E-state index contributed by atoms with van der Waals surface area (Å²) >= 11 is 0. The SMILES string of the molecule is CCc1c(-c2ccccc2)c(C)nn1-c1cc(Oc2ccc3c4cc(CC(C)(C)C)ccc4n(-c4cc(C(C)(C)C)ccn4)c3c2)cc(C(C)C)c1. The number of aromatic nitrogens is 4. The van der Waals surface area contributed by atoms with Crippen LogP contribution in [0.2, 0.25) is 0 Å². The lowest BCUT2D eigenvalue weighted by molar-refractivity contribution is 0.411. The second-order valence-electron chi connectivity index (χ2n) is 16.8. The molecule has 3 aromatic heterocycles. The molecule has 0 aliphatic carbocycles. The van der Waals surface area contributed by atoms with E-state index in [4.69, 9.17) is 14.8 Å². The molecular weight excluding hydrogens is 637 g/mol. The van der Waals surface area contributed by atoms with Crippen molar-refractivity contribution < 1.29 is 4.74 Å². The first-order valence-corrected chi connectivity index (χ1v) is 18.7. The van der Waals surface area contributed by atoms with Gasteiger partial charge in [-0.25, -0.2) is 9.67 Å². The normalized spacial score (nSPS) is 12.4. The molecule has 0 fully saturated rings. The van der Waals surface area contributed by atoms with Gasteiger partial charge in [0.1, 0.15) is 17.3 Å². The Labute approximate surface area is 309 Å². The summed E-state index contributed by atoms with van der Waals surface area (Å²) in [6, 6.07) is 34.9. The zero-order valence-corrected chi connectivity index (χ0v) is 32.5. The molecule has 0 radical (unpaired) electrons. The Morgan fingerprint density at radius 1 is 0.750 bits per heavy atom. The van der Waals surface area contributed by atoms with Crippen LogP contribution in [0, 0.1) is 12.3 Å². The number of pyridine rings is 1. The molecule has 0 saturated carbocycles. The summed E-state index contributed by atoms with van der Waals surface area (Å²) in [5.74, 6) is 2.79. The largest absolute Gasteiger partial charge is 0.457 e. The number of hydrogen-bond donors (Lipinski definition) is 0. The molecule has 5 heteroatoms. The van der Waals surface area contributed by atoms with Crippen molar-refractivity contribution in [2.75, 3.05) is 0 Å². The predicted molar refractivity (Wildman–Crippen MR) is 218 cm³/mol. The van der Waals surface area contributed by atoms with E-state index in [1.165, 1.54) is 44.3 Å². The molecule has 3 heterocycles. The maximum Gasteiger partial charge on any atom is 0.137 e. The summed E-state index contributed by atoms with van der Waals surface area (Å²) in [6.07, 6.45) is 3.80. The molecule has 4 aromatic carbocycles. The Hall–Kier alpha value is -5.16. The van der Waals surface area contributed by atoms with Gasteiger partial charge in [-0.3, -0.25) is 4.57 Å². The van der Waals surface area contributed by atoms with Crippen molar-refractivity contribution in [3.63, 3.8) is 0 Å². The fraction of sp³-hybridized carbons (Fsp3) is 0.319. The van der Waals surface area contributed by atoms with E-state index in [9.17, 15) is 0 Å². The summed E-state index contributed by atoms with van der Waals surface area (Å²) in [4.78, 5) is 4.93. The van der Waals surface area contributed by atoms with Gasteiger partial charge >= 0.3 is 0 Å². The molecule has 0 aliphatic rings. The van der Waals surface area contributed by atoms with Crippen molar-refractivity contribution >= 4 is 21.8 Å². The molecule has 0 saturated heterocycles. The van der Waals surface area contributed by atoms with Crippen molar-refractivity contribution in [2.24, 2.45) is 5.41 Å². The average Bonchev–Trinajstić information content (AvgIpc) is 3.61. The van der Waals surface area contributed by atoms with Gasteiger partial charge in [-0.1, -0.05) is 98.7 Å². The van der Waals surface area contributed by atoms with Crippen LogP contribution < -0.4 is 4.74 Å². The third-order valence-corrected chi connectivity index (χ3v) is 9.99. The zero-order valence-electron chi connectivity index (χ0n) is 32.5. The van der Waals surface area contributed by atoms with Crippen molar-refractivity contribution in [1.82, 2.24) is 19.3 Å². The van der Waals surface area contributed by atoms with E-state index in [1.54, 1.807) is 0 Å². The number of aryl methyl sites for hydroxylation is 1. The summed E-state index contributed by atoms with van der Waals surface area (Å²) in [5.41, 5.74) is 11.8. The van der Waals surface area contributed by atoms with Gasteiger partial charge in [0.25, 0.3) is 0 Å². The average molecular weight is 689 g/mol. The van der Waals surface area contributed by atoms with Crippen LogP contribution in [0.1, 0.15) is 96.3 Å². The standard InChI is InChI=1S/C47H52N4O/c1-11-41-45(33-15-13-12-14-16-33)31(4)49-51(41)36-24-34(30(2)3)25-38(27-36)52-37-18-19-39-40-23-32(29-46(5,6)7)17-20-42(40)50(43(39)28-37)44-26-35(21-22-48-44)47(8,9)10/h12-28,30H,11,29H2,1-10H3. The van der Waals surface area contributed by atoms with Crippen molar-refractivity contribution in [3.8, 4) is 34.1 Å². The minimum absolute atomic E-state index is 0.00362. The molecule has 0 unspecified atom stereocenters. The molecular formula is C47H52N4O. The second kappa shape index (κ2) is 13.4. The number of hydrogen-bond acceptors (Lipinski definition) is 3. The highest BCUT2D eigenvalue weighted by molar-refractivity contribution is 6.09. The molecule has 7 aromatic rings. The van der Waals surface area contributed by atoms with Crippen LogP contribution >= 0.6 is 0 Å². The smallest absolute Gasteiger partial charge is 0.137 e. The molecule has 0 N–H and O–H groups in total. The summed E-state index contributed by atoms with van der Waals surface area (Å²) in [6.45, 7) is 22.4. The molecule has 0 amide bonds. The van der Waals surface area contributed by atoms with Gasteiger partial charge in [0.2, 0.25) is 0 Å². The topological polar surface area (TPSA) is 44.9 Å². The van der Waals surface area contributed by atoms with Crippen LogP contribution in [0.5, 0.6) is 11.5 Å². The predicted octanol–water partition coefficient (Wildman–Crippen LogP) is 12.7. The Bertz CT molecular complexity index is 2400. The molecule has 0 spiro atoms. The minimum Gasteiger partial charge on any atom is -0.457 e. The second-order valence-corrected chi connectivity index (χ2v) is 16.8. The molecule has 0 bridgehead atoms. The van der Waals surface area contributed by atoms with Crippen LogP contribution in [-0.2, 0) is 18.3 Å². The van der Waals surface area contributed by atoms with Gasteiger partial charge in [0.05, 0.1) is 28.1 Å². The van der Waals surface area contributed by atoms with Crippen LogP contribution in [0.4, 0.5) is 0 Å². The Morgan fingerprint density at radius 2 is 1.52 bits per heavy atom. The van der Waals surface area contributed by atoms with E-state index in [1.807, 2.05) is 6.20 Å². The van der Waals surface area contributed by atoms with Crippen molar-refractivity contribution in [3.05, 3.63) is 131 Å². The number of fused-ring (bicyclic) bond motifs is 3. The molecule has 266 valence electrons. The van der Waals surface area contributed by atoms with Crippen LogP contribution in [-0.4, -0.2) is 19.3 Å². The van der Waals surface area contributed by atoms with Gasteiger partial charge in [0.15, 0.2) is 0 Å². The van der Waals surface area contributed by atoms with E-state index in [0.29, 0.717) is 5.92 Å². The van der Waals surface area contributed by atoms with E-state index in [-0.39, 0.29) is 10.8 Å². The van der Waals surface area contributed by atoms with Crippen molar-refractivity contribution in [1.29, 1.82) is 0 Å². The Balaban J connectivity index is 1.37. The van der Waals surface area contributed by atoms with Gasteiger partial charge in [-0.05, 0) is 107 Å². The highest BCUT2D eigenvalue weighted by Gasteiger charge is 2.21. The highest BCUT2D eigenvalue weighted by atomic mass is 16.5. The molecule has 5 nitrogen and oxygen atoms in total. The maximum atomic E-state index is 6.81. The fourth-order valence-electron chi connectivity index (χ4n) is 7.44. The van der Waals surface area contributed by atoms with E-state index >= 15 is 0 Å². The molecule has 0 atom stereocenters. The lowest BCUT2D eigenvalue weighted by atomic mass is 9.87. The maximum absolute atomic E-state index is 6.81. The number of nitrogens with zero attached hydrogens (tertiary/aromatic N) is 4. The lowest BCUT2D eigenvalue weighted by Gasteiger charge is -2.20. The third kappa shape index (κ3) is 6.89. The van der Waals surface area contributed by atoms with Crippen LogP contribution in [0.3, 0.4) is 0 Å². The monoisotopic (exact) mass is 688 g/mol. The third-order valence-electron chi connectivity index (χ3n) is 9.99. The highest BCUT2D eigenvalue weighted by Crippen LogP contribution is 2.38. The summed E-state index contributed by atoms with van der Waals surface area (Å²) < 4.78 is 11.2. The Morgan fingerprint density at radius 3 is 2.21 bits per heavy atom. The van der Waals surface area contributed by atoms with Crippen molar-refractivity contribution in [2.45, 2.75) is 93.4 Å². The minimum atomic E-state index is -0.00362. The molecule has 52 heavy (non-hydrogen) atoms. The fourth-order valence-corrected chi connectivity index (χ4v) is 7.44. The van der Waals surface area contributed by atoms with Crippen LogP contribution in [0.15, 0.2) is 103 Å². The van der Waals surface area contributed by atoms with E-state index < -0.39 is 0 Å². The first kappa shape index (κ1) is 35.3.